The number of carbonyl (C=O) groups is 2. The molecule has 0 radical (unpaired) electrons. The highest BCUT2D eigenvalue weighted by atomic mass is 16.5. The van der Waals surface area contributed by atoms with E-state index in [0.29, 0.717) is 18.2 Å². The normalized spacial score (nSPS) is 32.2. The van der Waals surface area contributed by atoms with Gasteiger partial charge in [-0.25, -0.2) is 0 Å². The SMILES string of the molecule is C[C@H]1CC(NC(=O)c2cc(C3CC3)on2)CCN1C(=O)[C@H]1C[C@@H](N)C1. The first kappa shape index (κ1) is 16.6. The molecule has 7 heteroatoms. The molecule has 7 nitrogen and oxygen atoms in total. The summed E-state index contributed by atoms with van der Waals surface area (Å²) in [5.74, 6) is 1.40. The lowest BCUT2D eigenvalue weighted by molar-refractivity contribution is -0.142. The average molecular weight is 346 g/mol. The summed E-state index contributed by atoms with van der Waals surface area (Å²) in [5, 5.41) is 6.93. The van der Waals surface area contributed by atoms with Gasteiger partial charge in [0.15, 0.2) is 5.69 Å². The number of piperidine rings is 1. The molecule has 4 rings (SSSR count). The van der Waals surface area contributed by atoms with Gasteiger partial charge in [-0.05, 0) is 45.4 Å². The molecule has 1 unspecified atom stereocenters. The minimum atomic E-state index is -0.183. The van der Waals surface area contributed by atoms with Gasteiger partial charge in [0.2, 0.25) is 5.91 Å². The molecule has 2 aliphatic carbocycles. The second kappa shape index (κ2) is 6.44. The molecule has 25 heavy (non-hydrogen) atoms. The van der Waals surface area contributed by atoms with E-state index in [1.807, 2.05) is 4.90 Å². The van der Waals surface area contributed by atoms with Crippen LogP contribution in [0, 0.1) is 5.92 Å². The van der Waals surface area contributed by atoms with E-state index in [-0.39, 0.29) is 35.9 Å². The summed E-state index contributed by atoms with van der Waals surface area (Å²) in [7, 11) is 0. The fraction of sp³-hybridized carbons (Fsp3) is 0.722. The van der Waals surface area contributed by atoms with Crippen molar-refractivity contribution in [3.8, 4) is 0 Å². The van der Waals surface area contributed by atoms with Crippen LogP contribution in [0.4, 0.5) is 0 Å². The van der Waals surface area contributed by atoms with Crippen LogP contribution in [0.3, 0.4) is 0 Å². The third-order valence-corrected chi connectivity index (χ3v) is 5.76. The molecule has 0 aromatic carbocycles. The van der Waals surface area contributed by atoms with Crippen molar-refractivity contribution < 1.29 is 14.1 Å². The van der Waals surface area contributed by atoms with Crippen molar-refractivity contribution in [2.75, 3.05) is 6.54 Å². The van der Waals surface area contributed by atoms with Gasteiger partial charge in [-0.2, -0.15) is 0 Å². The maximum Gasteiger partial charge on any atom is 0.273 e. The first-order valence-electron chi connectivity index (χ1n) is 9.34. The number of rotatable bonds is 4. The zero-order valence-corrected chi connectivity index (χ0v) is 14.6. The van der Waals surface area contributed by atoms with Crippen LogP contribution in [0.15, 0.2) is 10.6 Å². The van der Waals surface area contributed by atoms with Gasteiger partial charge in [0.25, 0.3) is 5.91 Å². The van der Waals surface area contributed by atoms with Gasteiger partial charge in [0.05, 0.1) is 0 Å². The van der Waals surface area contributed by atoms with E-state index in [1.165, 1.54) is 0 Å². The molecule has 1 saturated heterocycles. The van der Waals surface area contributed by atoms with Crippen LogP contribution in [-0.2, 0) is 4.79 Å². The quantitative estimate of drug-likeness (QED) is 0.858. The average Bonchev–Trinajstić information content (AvgIpc) is 3.28. The van der Waals surface area contributed by atoms with Crippen LogP contribution >= 0.6 is 0 Å². The molecule has 2 heterocycles. The first-order valence-corrected chi connectivity index (χ1v) is 9.34. The molecule has 1 aromatic rings. The lowest BCUT2D eigenvalue weighted by Crippen LogP contribution is -2.55. The minimum absolute atomic E-state index is 0.0660. The second-order valence-electron chi connectivity index (χ2n) is 7.89. The molecule has 136 valence electrons. The molecule has 2 saturated carbocycles. The van der Waals surface area contributed by atoms with E-state index < -0.39 is 0 Å². The fourth-order valence-corrected chi connectivity index (χ4v) is 3.94. The lowest BCUT2D eigenvalue weighted by Gasteiger charge is -2.42. The Hall–Kier alpha value is -1.89. The van der Waals surface area contributed by atoms with E-state index in [9.17, 15) is 9.59 Å². The first-order chi connectivity index (χ1) is 12.0. The molecule has 2 amide bonds. The highest BCUT2D eigenvalue weighted by Gasteiger charge is 2.38. The maximum absolute atomic E-state index is 12.5. The van der Waals surface area contributed by atoms with E-state index in [4.69, 9.17) is 10.3 Å². The van der Waals surface area contributed by atoms with Gasteiger partial charge in [-0.15, -0.1) is 0 Å². The maximum atomic E-state index is 12.5. The van der Waals surface area contributed by atoms with Gasteiger partial charge >= 0.3 is 0 Å². The predicted octanol–water partition coefficient (Wildman–Crippen LogP) is 1.40. The molecule has 3 fully saturated rings. The molecular weight excluding hydrogens is 320 g/mol. The summed E-state index contributed by atoms with van der Waals surface area (Å²) in [6.07, 6.45) is 5.38. The molecule has 1 aromatic heterocycles. The Bertz CT molecular complexity index is 663. The zero-order chi connectivity index (χ0) is 17.6. The number of nitrogens with zero attached hydrogens (tertiary/aromatic N) is 2. The Morgan fingerprint density at radius 2 is 2.04 bits per heavy atom. The predicted molar refractivity (Wildman–Crippen MR) is 90.8 cm³/mol. The molecule has 3 aliphatic rings. The summed E-state index contributed by atoms with van der Waals surface area (Å²) in [6, 6.07) is 2.14. The highest BCUT2D eigenvalue weighted by Crippen LogP contribution is 2.40. The third-order valence-electron chi connectivity index (χ3n) is 5.76. The van der Waals surface area contributed by atoms with Crippen molar-refractivity contribution in [3.63, 3.8) is 0 Å². The van der Waals surface area contributed by atoms with Crippen LogP contribution < -0.4 is 11.1 Å². The summed E-state index contributed by atoms with van der Waals surface area (Å²) < 4.78 is 5.25. The van der Waals surface area contributed by atoms with Crippen molar-refractivity contribution >= 4 is 11.8 Å². The van der Waals surface area contributed by atoms with Crippen molar-refractivity contribution in [2.24, 2.45) is 11.7 Å². The van der Waals surface area contributed by atoms with E-state index >= 15 is 0 Å². The van der Waals surface area contributed by atoms with Crippen LogP contribution in [-0.4, -0.2) is 46.5 Å². The Morgan fingerprint density at radius 1 is 1.28 bits per heavy atom. The highest BCUT2D eigenvalue weighted by molar-refractivity contribution is 5.92. The third kappa shape index (κ3) is 3.42. The van der Waals surface area contributed by atoms with Crippen molar-refractivity contribution in [1.82, 2.24) is 15.4 Å². The van der Waals surface area contributed by atoms with Crippen LogP contribution in [0.2, 0.25) is 0 Å². The summed E-state index contributed by atoms with van der Waals surface area (Å²) in [5.41, 5.74) is 6.15. The lowest BCUT2D eigenvalue weighted by atomic mass is 9.79. The van der Waals surface area contributed by atoms with E-state index in [2.05, 4.69) is 17.4 Å². The monoisotopic (exact) mass is 346 g/mol. The number of carbonyl (C=O) groups excluding carboxylic acids is 2. The van der Waals surface area contributed by atoms with Gasteiger partial charge < -0.3 is 20.5 Å². The molecule has 1 aliphatic heterocycles. The van der Waals surface area contributed by atoms with Crippen molar-refractivity contribution in [2.45, 2.75) is 69.5 Å². The Morgan fingerprint density at radius 3 is 2.68 bits per heavy atom. The Kier molecular flexibility index (Phi) is 4.27. The molecular formula is C18H26N4O3. The van der Waals surface area contributed by atoms with Crippen LogP contribution in [0.1, 0.15) is 67.6 Å². The number of amides is 2. The van der Waals surface area contributed by atoms with Crippen molar-refractivity contribution in [3.05, 3.63) is 17.5 Å². The van der Waals surface area contributed by atoms with Crippen LogP contribution in [0.25, 0.3) is 0 Å². The molecule has 0 spiro atoms. The number of hydrogen-bond donors (Lipinski definition) is 2. The number of hydrogen-bond acceptors (Lipinski definition) is 5. The Labute approximate surface area is 147 Å². The number of nitrogens with one attached hydrogen (secondary N) is 1. The van der Waals surface area contributed by atoms with Gasteiger partial charge in [-0.1, -0.05) is 5.16 Å². The smallest absolute Gasteiger partial charge is 0.273 e. The number of nitrogens with two attached hydrogens (primary N) is 1. The standard InChI is InChI=1S/C18H26N4O3/c1-10-6-14(4-5-22(10)18(24)12-7-13(19)8-12)20-17(23)15-9-16(25-21-15)11-2-3-11/h9-14H,2-8,19H2,1H3,(H,20,23)/t10-,12-,13+,14?/m0/s1. The molecule has 0 bridgehead atoms. The summed E-state index contributed by atoms with van der Waals surface area (Å²) in [4.78, 5) is 26.8. The topological polar surface area (TPSA) is 101 Å². The zero-order valence-electron chi connectivity index (χ0n) is 14.6. The van der Waals surface area contributed by atoms with Crippen LogP contribution in [0.5, 0.6) is 0 Å². The van der Waals surface area contributed by atoms with E-state index in [1.54, 1.807) is 6.07 Å². The minimum Gasteiger partial charge on any atom is -0.360 e. The summed E-state index contributed by atoms with van der Waals surface area (Å²) in [6.45, 7) is 2.74. The van der Waals surface area contributed by atoms with Crippen molar-refractivity contribution in [1.29, 1.82) is 0 Å². The fourth-order valence-electron chi connectivity index (χ4n) is 3.94. The largest absolute Gasteiger partial charge is 0.360 e. The number of likely N-dealkylation sites (tertiary alicyclic amines) is 1. The van der Waals surface area contributed by atoms with Gasteiger partial charge in [-0.3, -0.25) is 9.59 Å². The van der Waals surface area contributed by atoms with Gasteiger partial charge in [0, 0.05) is 42.6 Å². The number of aromatic nitrogens is 1. The van der Waals surface area contributed by atoms with Gasteiger partial charge in [0.1, 0.15) is 5.76 Å². The Balaban J connectivity index is 1.29. The molecule has 3 N–H and O–H groups in total. The molecule has 2 atom stereocenters. The van der Waals surface area contributed by atoms with E-state index in [0.717, 1.165) is 44.3 Å². The summed E-state index contributed by atoms with van der Waals surface area (Å²) >= 11 is 0. The second-order valence-corrected chi connectivity index (χ2v) is 7.89.